The molecule has 12 N–H and O–H groups in total. The number of nitrogens with one attached hydrogen (secondary N) is 3. The SMILES string of the molecule is CCC(C)C(N)C(=O)NC(CCCN=C(N)N)C(=O)NC(Cc1ccc(O)cc1)C(=O)NC(Cc1ccc(O)cc1)C(=O)O. The molecule has 5 atom stereocenters. The van der Waals surface area contributed by atoms with Gasteiger partial charge in [-0.15, -0.1) is 0 Å². The third-order valence-electron chi connectivity index (χ3n) is 7.14. The van der Waals surface area contributed by atoms with E-state index in [1.807, 2.05) is 13.8 Å². The number of benzene rings is 2. The van der Waals surface area contributed by atoms with Crippen LogP contribution in [-0.2, 0) is 32.0 Å². The molecule has 0 heterocycles. The largest absolute Gasteiger partial charge is 0.508 e. The van der Waals surface area contributed by atoms with Gasteiger partial charge in [0.15, 0.2) is 5.96 Å². The van der Waals surface area contributed by atoms with Gasteiger partial charge in [0.1, 0.15) is 29.6 Å². The number of aliphatic carboxylic acids is 1. The molecule has 0 spiro atoms. The smallest absolute Gasteiger partial charge is 0.326 e. The van der Waals surface area contributed by atoms with Crippen LogP contribution < -0.4 is 33.2 Å². The quantitative estimate of drug-likeness (QED) is 0.0647. The van der Waals surface area contributed by atoms with Gasteiger partial charge in [-0.25, -0.2) is 4.79 Å². The zero-order chi connectivity index (χ0) is 32.8. The van der Waals surface area contributed by atoms with E-state index in [9.17, 15) is 34.5 Å². The van der Waals surface area contributed by atoms with Crippen LogP contribution in [0, 0.1) is 5.92 Å². The van der Waals surface area contributed by atoms with E-state index < -0.39 is 47.9 Å². The number of aliphatic imine (C=N–C) groups is 1. The summed E-state index contributed by atoms with van der Waals surface area (Å²) in [4.78, 5) is 55.9. The molecule has 0 aromatic heterocycles. The molecule has 5 unspecified atom stereocenters. The van der Waals surface area contributed by atoms with Gasteiger partial charge in [-0.3, -0.25) is 19.4 Å². The lowest BCUT2D eigenvalue weighted by Crippen LogP contribution is -2.58. The number of hydrogen-bond donors (Lipinski definition) is 9. The Labute approximate surface area is 256 Å². The highest BCUT2D eigenvalue weighted by Crippen LogP contribution is 2.14. The van der Waals surface area contributed by atoms with E-state index in [1.54, 1.807) is 12.1 Å². The van der Waals surface area contributed by atoms with E-state index in [-0.39, 0.29) is 49.2 Å². The summed E-state index contributed by atoms with van der Waals surface area (Å²) in [6, 6.07) is 7.24. The van der Waals surface area contributed by atoms with E-state index in [2.05, 4.69) is 20.9 Å². The third-order valence-corrected chi connectivity index (χ3v) is 7.14. The number of nitrogens with two attached hydrogens (primary N) is 3. The average Bonchev–Trinajstić information content (AvgIpc) is 2.98. The van der Waals surface area contributed by atoms with Crippen molar-refractivity contribution in [3.63, 3.8) is 0 Å². The van der Waals surface area contributed by atoms with Gasteiger partial charge in [0.25, 0.3) is 0 Å². The summed E-state index contributed by atoms with van der Waals surface area (Å²) in [7, 11) is 0. The number of guanidine groups is 1. The molecule has 0 aliphatic carbocycles. The van der Waals surface area contributed by atoms with Crippen LogP contribution in [0.2, 0.25) is 0 Å². The number of carboxylic acid groups (broad SMARTS) is 1. The van der Waals surface area contributed by atoms with Gasteiger partial charge in [0.05, 0.1) is 6.04 Å². The Kier molecular flexibility index (Phi) is 13.9. The number of nitrogens with zero attached hydrogens (tertiary/aromatic N) is 1. The molecule has 0 bridgehead atoms. The zero-order valence-corrected chi connectivity index (χ0v) is 24.9. The lowest BCUT2D eigenvalue weighted by molar-refractivity contribution is -0.142. The predicted molar refractivity (Wildman–Crippen MR) is 164 cm³/mol. The number of aromatic hydroxyl groups is 2. The molecular formula is C30H43N7O7. The highest BCUT2D eigenvalue weighted by atomic mass is 16.4. The van der Waals surface area contributed by atoms with Crippen molar-refractivity contribution in [2.45, 2.75) is 70.1 Å². The lowest BCUT2D eigenvalue weighted by Gasteiger charge is -2.26. The number of carbonyl (C=O) groups is 4. The maximum atomic E-state index is 13.6. The Balaban J connectivity index is 2.31. The van der Waals surface area contributed by atoms with Crippen LogP contribution in [0.5, 0.6) is 11.5 Å². The molecule has 0 saturated heterocycles. The Morgan fingerprint density at radius 2 is 1.23 bits per heavy atom. The van der Waals surface area contributed by atoms with Crippen LogP contribution in [0.4, 0.5) is 0 Å². The first-order chi connectivity index (χ1) is 20.8. The number of hydrogen-bond acceptors (Lipinski definition) is 8. The van der Waals surface area contributed by atoms with Crippen LogP contribution >= 0.6 is 0 Å². The van der Waals surface area contributed by atoms with Gasteiger partial charge in [0.2, 0.25) is 17.7 Å². The number of phenolic OH excluding ortho intramolecular Hbond substituents is 2. The summed E-state index contributed by atoms with van der Waals surface area (Å²) >= 11 is 0. The van der Waals surface area contributed by atoms with Crippen molar-refractivity contribution < 1.29 is 34.5 Å². The predicted octanol–water partition coefficient (Wildman–Crippen LogP) is -0.151. The standard InChI is InChI=1S/C30H43N7O7/c1-3-17(2)25(31)28(42)35-22(5-4-14-34-30(32)33)26(40)36-23(15-18-6-10-20(38)11-7-18)27(41)37-24(29(43)44)16-19-8-12-21(39)13-9-19/h6-13,17,22-25,38-39H,3-5,14-16,31H2,1-2H3,(H,35,42)(H,36,40)(H,37,41)(H,43,44)(H4,32,33,34). The van der Waals surface area contributed by atoms with E-state index in [0.29, 0.717) is 24.0 Å². The van der Waals surface area contributed by atoms with Gasteiger partial charge in [-0.05, 0) is 54.2 Å². The fourth-order valence-electron chi connectivity index (χ4n) is 4.24. The number of carboxylic acids is 1. The topological polar surface area (TPSA) is 255 Å². The second-order valence-corrected chi connectivity index (χ2v) is 10.6. The summed E-state index contributed by atoms with van der Waals surface area (Å²) in [5.41, 5.74) is 18.0. The van der Waals surface area contributed by atoms with Crippen LogP contribution in [0.1, 0.15) is 44.2 Å². The number of phenols is 2. The monoisotopic (exact) mass is 613 g/mol. The fourth-order valence-corrected chi connectivity index (χ4v) is 4.24. The third kappa shape index (κ3) is 11.8. The Morgan fingerprint density at radius 3 is 1.70 bits per heavy atom. The minimum atomic E-state index is -1.35. The molecule has 14 heteroatoms. The second kappa shape index (κ2) is 17.3. The van der Waals surface area contributed by atoms with Crippen molar-refractivity contribution in [1.82, 2.24) is 16.0 Å². The van der Waals surface area contributed by atoms with Crippen molar-refractivity contribution in [3.8, 4) is 11.5 Å². The van der Waals surface area contributed by atoms with Gasteiger partial charge in [-0.2, -0.15) is 0 Å². The lowest BCUT2D eigenvalue weighted by atomic mass is 9.98. The summed E-state index contributed by atoms with van der Waals surface area (Å²) in [6.07, 6.45) is 0.938. The van der Waals surface area contributed by atoms with Crippen molar-refractivity contribution in [1.29, 1.82) is 0 Å². The summed E-state index contributed by atoms with van der Waals surface area (Å²) < 4.78 is 0. The molecule has 2 rings (SSSR count). The molecule has 0 aliphatic rings. The van der Waals surface area contributed by atoms with Crippen molar-refractivity contribution >= 4 is 29.7 Å². The van der Waals surface area contributed by atoms with Crippen molar-refractivity contribution in [2.24, 2.45) is 28.1 Å². The fraction of sp³-hybridized carbons (Fsp3) is 0.433. The molecule has 2 aromatic rings. The number of amides is 3. The van der Waals surface area contributed by atoms with Gasteiger partial charge < -0.3 is 48.5 Å². The molecular weight excluding hydrogens is 570 g/mol. The first kappa shape index (κ1) is 35.3. The molecule has 0 saturated carbocycles. The van der Waals surface area contributed by atoms with Crippen molar-refractivity contribution in [2.75, 3.05) is 6.54 Å². The highest BCUT2D eigenvalue weighted by Gasteiger charge is 2.31. The summed E-state index contributed by atoms with van der Waals surface area (Å²) in [5, 5.41) is 36.8. The maximum Gasteiger partial charge on any atom is 0.326 e. The molecule has 2 aromatic carbocycles. The minimum absolute atomic E-state index is 0.000163. The zero-order valence-electron chi connectivity index (χ0n) is 24.9. The first-order valence-electron chi connectivity index (χ1n) is 14.3. The first-order valence-corrected chi connectivity index (χ1v) is 14.3. The average molecular weight is 614 g/mol. The number of carbonyl (C=O) groups excluding carboxylic acids is 3. The highest BCUT2D eigenvalue weighted by molar-refractivity contribution is 5.94. The van der Waals surface area contributed by atoms with Crippen LogP contribution in [-0.4, -0.2) is 75.7 Å². The molecule has 3 amide bonds. The molecule has 14 nitrogen and oxygen atoms in total. The number of rotatable bonds is 17. The van der Waals surface area contributed by atoms with Gasteiger partial charge in [0, 0.05) is 19.4 Å². The van der Waals surface area contributed by atoms with Crippen LogP contribution in [0.15, 0.2) is 53.5 Å². The second-order valence-electron chi connectivity index (χ2n) is 10.6. The molecule has 0 aliphatic heterocycles. The van der Waals surface area contributed by atoms with E-state index in [0.717, 1.165) is 0 Å². The molecule has 0 radical (unpaired) electrons. The van der Waals surface area contributed by atoms with Gasteiger partial charge >= 0.3 is 5.97 Å². The molecule has 240 valence electrons. The molecule has 44 heavy (non-hydrogen) atoms. The van der Waals surface area contributed by atoms with Crippen LogP contribution in [0.25, 0.3) is 0 Å². The summed E-state index contributed by atoms with van der Waals surface area (Å²) in [6.45, 7) is 3.89. The Bertz CT molecular complexity index is 1280. The van der Waals surface area contributed by atoms with Gasteiger partial charge in [-0.1, -0.05) is 44.5 Å². The van der Waals surface area contributed by atoms with E-state index >= 15 is 0 Å². The molecule has 0 fully saturated rings. The van der Waals surface area contributed by atoms with E-state index in [4.69, 9.17) is 17.2 Å². The Morgan fingerprint density at radius 1 is 0.773 bits per heavy atom. The van der Waals surface area contributed by atoms with Crippen molar-refractivity contribution in [3.05, 3.63) is 59.7 Å². The Hall–Kier alpha value is -4.85. The summed E-state index contributed by atoms with van der Waals surface area (Å²) in [5.74, 6) is -3.59. The maximum absolute atomic E-state index is 13.6. The van der Waals surface area contributed by atoms with E-state index in [1.165, 1.54) is 36.4 Å². The minimum Gasteiger partial charge on any atom is -0.508 e. The normalized spacial score (nSPS) is 14.2. The van der Waals surface area contributed by atoms with Crippen LogP contribution in [0.3, 0.4) is 0 Å².